The van der Waals surface area contributed by atoms with E-state index in [1.54, 1.807) is 12.1 Å². The maximum atomic E-state index is 11.9. The van der Waals surface area contributed by atoms with Crippen molar-refractivity contribution in [2.75, 3.05) is 17.7 Å². The van der Waals surface area contributed by atoms with Crippen molar-refractivity contribution in [2.24, 2.45) is 0 Å². The van der Waals surface area contributed by atoms with Gasteiger partial charge in [-0.15, -0.1) is 12.4 Å². The lowest BCUT2D eigenvalue weighted by Gasteiger charge is -2.10. The third-order valence-electron chi connectivity index (χ3n) is 3.38. The Morgan fingerprint density at radius 1 is 1.13 bits per heavy atom. The molecular weight excluding hydrogens is 312 g/mol. The summed E-state index contributed by atoms with van der Waals surface area (Å²) in [6.07, 6.45) is 0.278. The van der Waals surface area contributed by atoms with Gasteiger partial charge < -0.3 is 15.8 Å². The average molecular weight is 335 g/mol. The van der Waals surface area contributed by atoms with Gasteiger partial charge in [0.05, 0.1) is 24.4 Å². The number of hydrogen-bond acceptors (Lipinski definition) is 3. The summed E-state index contributed by atoms with van der Waals surface area (Å²) in [5.41, 5.74) is 8.24. The standard InChI is InChI=1S/C18H22N2O2.ClH/c1-13(2)14-7-9-15(10-8-14)22-12-11-18(21)20-17-6-4-3-5-16(17)19;/h3-10,13H,11-12,19H2,1-2H3,(H,20,21);1H. The first-order valence-electron chi connectivity index (χ1n) is 7.43. The van der Waals surface area contributed by atoms with Crippen molar-refractivity contribution in [3.63, 3.8) is 0 Å². The maximum Gasteiger partial charge on any atom is 0.227 e. The van der Waals surface area contributed by atoms with Crippen molar-refractivity contribution in [2.45, 2.75) is 26.2 Å². The zero-order valence-electron chi connectivity index (χ0n) is 13.4. The van der Waals surface area contributed by atoms with E-state index in [1.165, 1.54) is 5.56 Å². The quantitative estimate of drug-likeness (QED) is 0.777. The van der Waals surface area contributed by atoms with Gasteiger partial charge in [0.2, 0.25) is 5.91 Å². The third kappa shape index (κ3) is 5.83. The molecule has 0 saturated carbocycles. The Hall–Kier alpha value is -2.20. The molecule has 2 aromatic carbocycles. The molecule has 124 valence electrons. The minimum atomic E-state index is -0.114. The topological polar surface area (TPSA) is 64.3 Å². The van der Waals surface area contributed by atoms with Gasteiger partial charge in [0.1, 0.15) is 5.75 Å². The second kappa shape index (κ2) is 9.06. The highest BCUT2D eigenvalue weighted by Gasteiger charge is 2.05. The minimum Gasteiger partial charge on any atom is -0.493 e. The van der Waals surface area contributed by atoms with E-state index in [-0.39, 0.29) is 24.7 Å². The fourth-order valence-corrected chi connectivity index (χ4v) is 2.03. The number of halogens is 1. The zero-order chi connectivity index (χ0) is 15.9. The SMILES string of the molecule is CC(C)c1ccc(OCCC(=O)Nc2ccccc2N)cc1.Cl. The molecule has 3 N–H and O–H groups in total. The van der Waals surface area contributed by atoms with E-state index in [2.05, 4.69) is 19.2 Å². The van der Waals surface area contributed by atoms with E-state index in [0.29, 0.717) is 23.9 Å². The van der Waals surface area contributed by atoms with Gasteiger partial charge in [-0.1, -0.05) is 38.1 Å². The van der Waals surface area contributed by atoms with E-state index >= 15 is 0 Å². The third-order valence-corrected chi connectivity index (χ3v) is 3.38. The number of hydrogen-bond donors (Lipinski definition) is 2. The molecular formula is C18H23ClN2O2. The zero-order valence-corrected chi connectivity index (χ0v) is 14.2. The van der Waals surface area contributed by atoms with Crippen LogP contribution < -0.4 is 15.8 Å². The Kier molecular flexibility index (Phi) is 7.42. The molecule has 0 aliphatic rings. The van der Waals surface area contributed by atoms with Crippen LogP contribution in [0.5, 0.6) is 5.75 Å². The Bertz CT molecular complexity index is 627. The molecule has 2 aromatic rings. The Morgan fingerprint density at radius 2 is 1.78 bits per heavy atom. The van der Waals surface area contributed by atoms with Crippen LogP contribution in [0.15, 0.2) is 48.5 Å². The summed E-state index contributed by atoms with van der Waals surface area (Å²) in [6.45, 7) is 4.63. The Labute approximate surface area is 143 Å². The number of amides is 1. The molecule has 0 unspecified atom stereocenters. The molecule has 0 aliphatic heterocycles. The van der Waals surface area contributed by atoms with Gasteiger partial charge in [-0.25, -0.2) is 0 Å². The van der Waals surface area contributed by atoms with Crippen molar-refractivity contribution in [3.8, 4) is 5.75 Å². The molecule has 0 aromatic heterocycles. The first kappa shape index (κ1) is 18.8. The number of nitrogens with one attached hydrogen (secondary N) is 1. The van der Waals surface area contributed by atoms with Crippen molar-refractivity contribution in [1.29, 1.82) is 0 Å². The van der Waals surface area contributed by atoms with Crippen molar-refractivity contribution < 1.29 is 9.53 Å². The molecule has 1 amide bonds. The van der Waals surface area contributed by atoms with Gasteiger partial charge >= 0.3 is 0 Å². The molecule has 23 heavy (non-hydrogen) atoms. The van der Waals surface area contributed by atoms with E-state index < -0.39 is 0 Å². The summed E-state index contributed by atoms with van der Waals surface area (Å²) < 4.78 is 5.59. The number of nitrogen functional groups attached to an aromatic ring is 1. The highest BCUT2D eigenvalue weighted by atomic mass is 35.5. The molecule has 0 radical (unpaired) electrons. The van der Waals surface area contributed by atoms with Gasteiger partial charge in [-0.05, 0) is 35.7 Å². The van der Waals surface area contributed by atoms with Crippen LogP contribution in [0.3, 0.4) is 0 Å². The van der Waals surface area contributed by atoms with Crippen molar-refractivity contribution >= 4 is 29.7 Å². The number of anilines is 2. The summed E-state index contributed by atoms with van der Waals surface area (Å²) in [7, 11) is 0. The van der Waals surface area contributed by atoms with Crippen LogP contribution in [0.1, 0.15) is 31.7 Å². The summed E-state index contributed by atoms with van der Waals surface area (Å²) in [6, 6.07) is 15.1. The lowest BCUT2D eigenvalue weighted by molar-refractivity contribution is -0.116. The van der Waals surface area contributed by atoms with Crippen LogP contribution in [-0.2, 0) is 4.79 Å². The summed E-state index contributed by atoms with van der Waals surface area (Å²) in [5.74, 6) is 1.16. The van der Waals surface area contributed by atoms with Gasteiger partial charge in [0, 0.05) is 0 Å². The van der Waals surface area contributed by atoms with Gasteiger partial charge in [-0.3, -0.25) is 4.79 Å². The minimum absolute atomic E-state index is 0. The fourth-order valence-electron chi connectivity index (χ4n) is 2.03. The summed E-state index contributed by atoms with van der Waals surface area (Å²) in [4.78, 5) is 11.9. The van der Waals surface area contributed by atoms with Gasteiger partial charge in [-0.2, -0.15) is 0 Å². The molecule has 0 saturated heterocycles. The van der Waals surface area contributed by atoms with Crippen LogP contribution in [-0.4, -0.2) is 12.5 Å². The summed E-state index contributed by atoms with van der Waals surface area (Å²) >= 11 is 0. The number of para-hydroxylation sites is 2. The normalized spacial score (nSPS) is 10.0. The van der Waals surface area contributed by atoms with Crippen LogP contribution in [0.25, 0.3) is 0 Å². The number of ether oxygens (including phenoxy) is 1. The first-order valence-corrected chi connectivity index (χ1v) is 7.43. The summed E-state index contributed by atoms with van der Waals surface area (Å²) in [5, 5.41) is 2.78. The highest BCUT2D eigenvalue weighted by Crippen LogP contribution is 2.19. The molecule has 5 heteroatoms. The number of rotatable bonds is 6. The monoisotopic (exact) mass is 334 g/mol. The number of nitrogens with two attached hydrogens (primary N) is 1. The Morgan fingerprint density at radius 3 is 2.39 bits per heavy atom. The lowest BCUT2D eigenvalue weighted by atomic mass is 10.0. The molecule has 0 atom stereocenters. The molecule has 4 nitrogen and oxygen atoms in total. The van der Waals surface area contributed by atoms with Crippen LogP contribution in [0.4, 0.5) is 11.4 Å². The van der Waals surface area contributed by atoms with Crippen LogP contribution in [0.2, 0.25) is 0 Å². The van der Waals surface area contributed by atoms with Crippen molar-refractivity contribution in [3.05, 3.63) is 54.1 Å². The second-order valence-electron chi connectivity index (χ2n) is 5.46. The maximum absolute atomic E-state index is 11.9. The predicted octanol–water partition coefficient (Wildman–Crippen LogP) is 4.22. The van der Waals surface area contributed by atoms with E-state index in [4.69, 9.17) is 10.5 Å². The largest absolute Gasteiger partial charge is 0.493 e. The van der Waals surface area contributed by atoms with Crippen LogP contribution >= 0.6 is 12.4 Å². The molecule has 0 aliphatic carbocycles. The van der Waals surface area contributed by atoms with Gasteiger partial charge in [0.15, 0.2) is 0 Å². The first-order chi connectivity index (χ1) is 10.6. The molecule has 2 rings (SSSR count). The number of benzene rings is 2. The average Bonchev–Trinajstić information content (AvgIpc) is 2.50. The molecule has 0 spiro atoms. The smallest absolute Gasteiger partial charge is 0.227 e. The molecule has 0 bridgehead atoms. The lowest BCUT2D eigenvalue weighted by Crippen LogP contribution is -2.16. The van der Waals surface area contributed by atoms with E-state index in [0.717, 1.165) is 5.75 Å². The van der Waals surface area contributed by atoms with Gasteiger partial charge in [0.25, 0.3) is 0 Å². The fraction of sp³-hybridized carbons (Fsp3) is 0.278. The molecule has 0 heterocycles. The van der Waals surface area contributed by atoms with Crippen molar-refractivity contribution in [1.82, 2.24) is 0 Å². The van der Waals surface area contributed by atoms with E-state index in [1.807, 2.05) is 36.4 Å². The number of carbonyl (C=O) groups excluding carboxylic acids is 1. The number of carbonyl (C=O) groups is 1. The predicted molar refractivity (Wildman–Crippen MR) is 97.4 cm³/mol. The highest BCUT2D eigenvalue weighted by molar-refractivity contribution is 5.93. The van der Waals surface area contributed by atoms with Crippen LogP contribution in [0, 0.1) is 0 Å². The Balaban J connectivity index is 0.00000264. The van der Waals surface area contributed by atoms with E-state index in [9.17, 15) is 4.79 Å². The second-order valence-corrected chi connectivity index (χ2v) is 5.46. The molecule has 0 fully saturated rings.